The van der Waals surface area contributed by atoms with Crippen molar-refractivity contribution in [3.63, 3.8) is 0 Å². The van der Waals surface area contributed by atoms with E-state index in [-0.39, 0.29) is 24.2 Å². The van der Waals surface area contributed by atoms with E-state index in [0.717, 1.165) is 22.4 Å². The summed E-state index contributed by atoms with van der Waals surface area (Å²) in [4.78, 5) is 28.7. The quantitative estimate of drug-likeness (QED) is 0.859. The van der Waals surface area contributed by atoms with Gasteiger partial charge < -0.3 is 9.80 Å². The van der Waals surface area contributed by atoms with E-state index in [1.807, 2.05) is 56.3 Å². The number of anilines is 1. The minimum absolute atomic E-state index is 0.0245. The molecule has 0 unspecified atom stereocenters. The van der Waals surface area contributed by atoms with E-state index in [0.29, 0.717) is 13.1 Å². The molecule has 0 radical (unpaired) electrons. The molecule has 0 spiro atoms. The maximum atomic E-state index is 12.8. The number of nitrogens with zero attached hydrogens (tertiary/aromatic N) is 2. The molecule has 0 bridgehead atoms. The van der Waals surface area contributed by atoms with E-state index in [2.05, 4.69) is 6.07 Å². The van der Waals surface area contributed by atoms with Crippen LogP contribution in [0, 0.1) is 19.8 Å². The lowest BCUT2D eigenvalue weighted by atomic mass is 10.1. The van der Waals surface area contributed by atoms with Gasteiger partial charge in [-0.2, -0.15) is 0 Å². The lowest BCUT2D eigenvalue weighted by molar-refractivity contribution is -0.135. The molecule has 25 heavy (non-hydrogen) atoms. The summed E-state index contributed by atoms with van der Waals surface area (Å²) < 4.78 is 0. The summed E-state index contributed by atoms with van der Waals surface area (Å²) in [6.07, 6.45) is 0.283. The van der Waals surface area contributed by atoms with Crippen LogP contribution < -0.4 is 4.90 Å². The van der Waals surface area contributed by atoms with Gasteiger partial charge in [-0.05, 0) is 42.7 Å². The summed E-state index contributed by atoms with van der Waals surface area (Å²) in [6, 6.07) is 16.0. The molecule has 2 aromatic carbocycles. The molecular formula is C21H24N2O2. The Hall–Kier alpha value is -2.62. The van der Waals surface area contributed by atoms with E-state index < -0.39 is 0 Å². The fourth-order valence-electron chi connectivity index (χ4n) is 3.48. The molecule has 0 aromatic heterocycles. The van der Waals surface area contributed by atoms with Crippen molar-refractivity contribution in [2.24, 2.45) is 5.92 Å². The first-order chi connectivity index (χ1) is 11.9. The van der Waals surface area contributed by atoms with Crippen LogP contribution in [-0.4, -0.2) is 30.3 Å². The molecule has 1 saturated heterocycles. The number of carbonyl (C=O) groups excluding carboxylic acids is 2. The monoisotopic (exact) mass is 336 g/mol. The molecule has 0 N–H and O–H groups in total. The standard InChI is InChI=1S/C21H24N2O2/c1-15-9-16(2)11-19(10-15)23-14-18(12-20(23)24)21(25)22(3)13-17-7-5-4-6-8-17/h4-11,18H,12-14H2,1-3H3/t18-/m1/s1. The zero-order chi connectivity index (χ0) is 18.0. The molecule has 130 valence electrons. The molecule has 1 aliphatic heterocycles. The Bertz CT molecular complexity index is 765. The maximum Gasteiger partial charge on any atom is 0.228 e. The molecule has 2 aromatic rings. The number of hydrogen-bond donors (Lipinski definition) is 0. The smallest absolute Gasteiger partial charge is 0.228 e. The topological polar surface area (TPSA) is 40.6 Å². The third-order valence-corrected chi connectivity index (χ3v) is 4.63. The van der Waals surface area contributed by atoms with Gasteiger partial charge in [-0.15, -0.1) is 0 Å². The molecule has 3 rings (SSSR count). The first kappa shape index (κ1) is 17.2. The second kappa shape index (κ2) is 7.09. The lowest BCUT2D eigenvalue weighted by Gasteiger charge is -2.22. The zero-order valence-corrected chi connectivity index (χ0v) is 15.0. The second-order valence-electron chi connectivity index (χ2n) is 6.93. The van der Waals surface area contributed by atoms with Gasteiger partial charge in [-0.1, -0.05) is 36.4 Å². The van der Waals surface area contributed by atoms with Gasteiger partial charge in [0, 0.05) is 32.2 Å². The summed E-state index contributed by atoms with van der Waals surface area (Å²) in [5.74, 6) is -0.220. The fourth-order valence-corrected chi connectivity index (χ4v) is 3.48. The van der Waals surface area contributed by atoms with Crippen molar-refractivity contribution in [3.05, 3.63) is 65.2 Å². The minimum Gasteiger partial charge on any atom is -0.341 e. The van der Waals surface area contributed by atoms with Crippen LogP contribution in [0.25, 0.3) is 0 Å². The van der Waals surface area contributed by atoms with E-state index >= 15 is 0 Å². The van der Waals surface area contributed by atoms with Crippen LogP contribution in [0.4, 0.5) is 5.69 Å². The second-order valence-corrected chi connectivity index (χ2v) is 6.93. The molecule has 1 aliphatic rings. The highest BCUT2D eigenvalue weighted by atomic mass is 16.2. The molecule has 0 aliphatic carbocycles. The minimum atomic E-state index is -0.276. The highest BCUT2D eigenvalue weighted by Gasteiger charge is 2.36. The summed E-state index contributed by atoms with van der Waals surface area (Å²) in [5.41, 5.74) is 4.23. The number of rotatable bonds is 4. The number of hydrogen-bond acceptors (Lipinski definition) is 2. The fraction of sp³-hybridized carbons (Fsp3) is 0.333. The third-order valence-electron chi connectivity index (χ3n) is 4.63. The van der Waals surface area contributed by atoms with Crippen molar-refractivity contribution in [3.8, 4) is 0 Å². The van der Waals surface area contributed by atoms with Crippen LogP contribution in [0.5, 0.6) is 0 Å². The van der Waals surface area contributed by atoms with Crippen molar-refractivity contribution < 1.29 is 9.59 Å². The molecule has 4 heteroatoms. The highest BCUT2D eigenvalue weighted by Crippen LogP contribution is 2.28. The molecule has 1 fully saturated rings. The Morgan fingerprint density at radius 1 is 1.12 bits per heavy atom. The van der Waals surface area contributed by atoms with Crippen LogP contribution >= 0.6 is 0 Å². The molecular weight excluding hydrogens is 312 g/mol. The Kier molecular flexibility index (Phi) is 4.88. The average Bonchev–Trinajstić information content (AvgIpc) is 2.96. The Morgan fingerprint density at radius 3 is 2.40 bits per heavy atom. The highest BCUT2D eigenvalue weighted by molar-refractivity contribution is 6.00. The van der Waals surface area contributed by atoms with E-state index in [9.17, 15) is 9.59 Å². The van der Waals surface area contributed by atoms with Gasteiger partial charge in [0.15, 0.2) is 0 Å². The third kappa shape index (κ3) is 3.90. The van der Waals surface area contributed by atoms with Gasteiger partial charge in [0.25, 0.3) is 0 Å². The first-order valence-electron chi connectivity index (χ1n) is 8.61. The van der Waals surface area contributed by atoms with Gasteiger partial charge in [0.05, 0.1) is 5.92 Å². The van der Waals surface area contributed by atoms with Gasteiger partial charge in [0.2, 0.25) is 11.8 Å². The Labute approximate surface area is 149 Å². The summed E-state index contributed by atoms with van der Waals surface area (Å²) >= 11 is 0. The van der Waals surface area contributed by atoms with E-state index in [1.165, 1.54) is 0 Å². The van der Waals surface area contributed by atoms with Gasteiger partial charge >= 0.3 is 0 Å². The Morgan fingerprint density at radius 2 is 1.76 bits per heavy atom. The van der Waals surface area contributed by atoms with Crippen molar-refractivity contribution in [1.29, 1.82) is 0 Å². The van der Waals surface area contributed by atoms with Crippen molar-refractivity contribution in [1.82, 2.24) is 4.90 Å². The number of benzene rings is 2. The predicted octanol–water partition coefficient (Wildman–Crippen LogP) is 3.31. The molecule has 1 heterocycles. The van der Waals surface area contributed by atoms with E-state index in [4.69, 9.17) is 0 Å². The summed E-state index contributed by atoms with van der Waals surface area (Å²) in [5, 5.41) is 0. The van der Waals surface area contributed by atoms with Crippen LogP contribution in [0.2, 0.25) is 0 Å². The number of amides is 2. The van der Waals surface area contributed by atoms with Gasteiger partial charge in [-0.3, -0.25) is 9.59 Å². The number of carbonyl (C=O) groups is 2. The van der Waals surface area contributed by atoms with Crippen LogP contribution in [0.15, 0.2) is 48.5 Å². The normalized spacial score (nSPS) is 17.0. The zero-order valence-electron chi connectivity index (χ0n) is 15.0. The van der Waals surface area contributed by atoms with Crippen molar-refractivity contribution >= 4 is 17.5 Å². The maximum absolute atomic E-state index is 12.8. The van der Waals surface area contributed by atoms with Crippen LogP contribution in [0.1, 0.15) is 23.1 Å². The molecule has 2 amide bonds. The lowest BCUT2D eigenvalue weighted by Crippen LogP contribution is -2.34. The summed E-state index contributed by atoms with van der Waals surface area (Å²) in [7, 11) is 1.80. The summed E-state index contributed by atoms with van der Waals surface area (Å²) in [6.45, 7) is 5.06. The van der Waals surface area contributed by atoms with Crippen molar-refractivity contribution in [2.45, 2.75) is 26.8 Å². The van der Waals surface area contributed by atoms with Crippen LogP contribution in [0.3, 0.4) is 0 Å². The molecule has 1 atom stereocenters. The SMILES string of the molecule is Cc1cc(C)cc(N2C[C@H](C(=O)N(C)Cc3ccccc3)CC2=O)c1. The molecule has 4 nitrogen and oxygen atoms in total. The van der Waals surface area contributed by atoms with Crippen LogP contribution in [-0.2, 0) is 16.1 Å². The number of aryl methyl sites for hydroxylation is 2. The van der Waals surface area contributed by atoms with E-state index in [1.54, 1.807) is 16.8 Å². The van der Waals surface area contributed by atoms with Gasteiger partial charge in [-0.25, -0.2) is 0 Å². The molecule has 0 saturated carbocycles. The van der Waals surface area contributed by atoms with Crippen molar-refractivity contribution in [2.75, 3.05) is 18.5 Å². The average molecular weight is 336 g/mol. The van der Waals surface area contributed by atoms with Gasteiger partial charge in [0.1, 0.15) is 0 Å². The Balaban J connectivity index is 1.70. The first-order valence-corrected chi connectivity index (χ1v) is 8.61. The predicted molar refractivity (Wildman–Crippen MR) is 99.3 cm³/mol. The largest absolute Gasteiger partial charge is 0.341 e.